The molecule has 6 aliphatic rings. The molecule has 1 saturated carbocycles. The molecule has 2 saturated heterocycles. The fourth-order valence-corrected chi connectivity index (χ4v) is 12.8. The van der Waals surface area contributed by atoms with Gasteiger partial charge in [-0.05, 0) is 126 Å². The van der Waals surface area contributed by atoms with E-state index in [0.29, 0.717) is 58.0 Å². The number of anilines is 2. The Morgan fingerprint density at radius 3 is 1.60 bits per heavy atom. The summed E-state index contributed by atoms with van der Waals surface area (Å²) < 4.78 is 12.9. The highest BCUT2D eigenvalue weighted by Gasteiger charge is 2.45. The van der Waals surface area contributed by atoms with Gasteiger partial charge in [0.05, 0.1) is 49.6 Å². The number of carbonyl (C=O) groups is 6. The fraction of sp³-hybridized carbons (Fsp3) is 0.600. The lowest BCUT2D eigenvalue weighted by molar-refractivity contribution is -0.143. The number of hydrogen-bond donors (Lipinski definition) is 8. The number of benzene rings is 2. The van der Waals surface area contributed by atoms with E-state index in [0.717, 1.165) is 79.2 Å². The van der Waals surface area contributed by atoms with Gasteiger partial charge in [-0.3, -0.25) is 38.4 Å². The molecule has 0 unspecified atom stereocenters. The van der Waals surface area contributed by atoms with Crippen LogP contribution in [0.25, 0.3) is 0 Å². The Labute approximate surface area is 468 Å². The zero-order valence-corrected chi connectivity index (χ0v) is 46.9. The molecule has 20 heteroatoms. The van der Waals surface area contributed by atoms with Crippen LogP contribution in [-0.2, 0) is 51.1 Å². The SMILES string of the molecule is CN[C@@H](C)C(=O)N[C@H](C(=O)N1CCC[C@H]1C(=O)N[C@H]1c2ccccc2C[C@H]1OCCNc1c(NCCO[C@@H]2Cc3ccccc3[C@@H]2NC(=O)[C@@H]2CCCN2C(=O)[C@@H](NC(=O)[C@H](C)NC)C2CCCCC2)c(=O)c1=O)C1=CCCCC1. The molecule has 3 aromatic carbocycles. The molecule has 9 rings (SSSR count). The number of amides is 6. The van der Waals surface area contributed by atoms with E-state index >= 15 is 0 Å². The fourth-order valence-electron chi connectivity index (χ4n) is 12.8. The van der Waals surface area contributed by atoms with E-state index in [1.807, 2.05) is 48.5 Å². The number of rotatable bonds is 24. The van der Waals surface area contributed by atoms with Crippen LogP contribution in [0.4, 0.5) is 11.4 Å². The maximum Gasteiger partial charge on any atom is 0.253 e. The van der Waals surface area contributed by atoms with Crippen molar-refractivity contribution in [3.8, 4) is 0 Å². The minimum Gasteiger partial charge on any atom is -0.378 e. The maximum atomic E-state index is 14.4. The van der Waals surface area contributed by atoms with E-state index in [4.69, 9.17) is 9.47 Å². The molecule has 6 amide bonds. The van der Waals surface area contributed by atoms with Gasteiger partial charge < -0.3 is 61.8 Å². The first-order chi connectivity index (χ1) is 38.8. The molecular weight excluding hydrogens is 1020 g/mol. The molecular formula is C60H82N10O10. The first-order valence-corrected chi connectivity index (χ1v) is 29.3. The van der Waals surface area contributed by atoms with Crippen LogP contribution in [0, 0.1) is 5.92 Å². The Hall–Kier alpha value is -6.48. The van der Waals surface area contributed by atoms with Crippen molar-refractivity contribution in [1.82, 2.24) is 41.7 Å². The molecule has 0 spiro atoms. The van der Waals surface area contributed by atoms with Gasteiger partial charge in [0.15, 0.2) is 0 Å². The second-order valence-corrected chi connectivity index (χ2v) is 22.6. The van der Waals surface area contributed by atoms with Crippen molar-refractivity contribution in [2.24, 2.45) is 5.92 Å². The van der Waals surface area contributed by atoms with Crippen LogP contribution in [0.1, 0.15) is 132 Å². The van der Waals surface area contributed by atoms with E-state index in [1.165, 1.54) is 0 Å². The maximum absolute atomic E-state index is 14.4. The first-order valence-electron chi connectivity index (χ1n) is 29.3. The molecule has 8 N–H and O–H groups in total. The highest BCUT2D eigenvalue weighted by Crippen LogP contribution is 2.37. The van der Waals surface area contributed by atoms with Crippen LogP contribution >= 0.6 is 0 Å². The molecule has 3 fully saturated rings. The summed E-state index contributed by atoms with van der Waals surface area (Å²) in [6, 6.07) is 10.7. The number of nitrogens with one attached hydrogen (secondary N) is 8. The summed E-state index contributed by atoms with van der Waals surface area (Å²) in [5, 5.41) is 24.6. The smallest absolute Gasteiger partial charge is 0.253 e. The van der Waals surface area contributed by atoms with Gasteiger partial charge in [0.2, 0.25) is 35.4 Å². The first kappa shape index (κ1) is 58.2. The topological polar surface area (TPSA) is 258 Å². The lowest BCUT2D eigenvalue weighted by Crippen LogP contribution is -2.58. The minimum atomic E-state index is -0.847. The molecule has 0 aromatic heterocycles. The van der Waals surface area contributed by atoms with E-state index < -0.39 is 71.4 Å². The van der Waals surface area contributed by atoms with Crippen LogP contribution in [0.5, 0.6) is 0 Å². The van der Waals surface area contributed by atoms with Gasteiger partial charge in [-0.2, -0.15) is 0 Å². The van der Waals surface area contributed by atoms with Crippen molar-refractivity contribution in [3.63, 3.8) is 0 Å². The molecule has 0 radical (unpaired) electrons. The van der Waals surface area contributed by atoms with Gasteiger partial charge in [-0.15, -0.1) is 0 Å². The number of likely N-dealkylation sites (tertiary alicyclic amines) is 2. The third-order valence-corrected chi connectivity index (χ3v) is 17.6. The summed E-state index contributed by atoms with van der Waals surface area (Å²) in [4.78, 5) is 113. The average Bonchev–Trinajstić information content (AvgIpc) is 4.39. The molecule has 2 heterocycles. The van der Waals surface area contributed by atoms with E-state index in [1.54, 1.807) is 37.7 Å². The molecule has 2 aliphatic heterocycles. The predicted molar refractivity (Wildman–Crippen MR) is 303 cm³/mol. The zero-order chi connectivity index (χ0) is 56.5. The third kappa shape index (κ3) is 13.0. The molecule has 10 atom stereocenters. The zero-order valence-electron chi connectivity index (χ0n) is 46.9. The van der Waals surface area contributed by atoms with Gasteiger partial charge in [0.1, 0.15) is 35.5 Å². The Morgan fingerprint density at radius 2 is 1.10 bits per heavy atom. The quantitative estimate of drug-likeness (QED) is 0.0365. The van der Waals surface area contributed by atoms with Crippen molar-refractivity contribution in [2.45, 2.75) is 171 Å². The molecule has 20 nitrogen and oxygen atoms in total. The van der Waals surface area contributed by atoms with E-state index in [9.17, 15) is 38.4 Å². The van der Waals surface area contributed by atoms with Crippen molar-refractivity contribution in [1.29, 1.82) is 0 Å². The van der Waals surface area contributed by atoms with Crippen molar-refractivity contribution in [3.05, 3.63) is 103 Å². The lowest BCUT2D eigenvalue weighted by Gasteiger charge is -2.35. The van der Waals surface area contributed by atoms with Gasteiger partial charge in [0, 0.05) is 39.0 Å². The highest BCUT2D eigenvalue weighted by atomic mass is 16.5. The monoisotopic (exact) mass is 1100 g/mol. The van der Waals surface area contributed by atoms with E-state index in [2.05, 4.69) is 48.6 Å². The number of hydrogen-bond acceptors (Lipinski definition) is 14. The number of allylic oxidation sites excluding steroid dienone is 1. The number of fused-ring (bicyclic) bond motifs is 2. The summed E-state index contributed by atoms with van der Waals surface area (Å²) in [5.41, 5.74) is 3.82. The Bertz CT molecular complexity index is 2830. The predicted octanol–water partition coefficient (Wildman–Crippen LogP) is 2.95. The third-order valence-electron chi connectivity index (χ3n) is 17.6. The van der Waals surface area contributed by atoms with Gasteiger partial charge in [-0.1, -0.05) is 73.9 Å². The van der Waals surface area contributed by atoms with Crippen molar-refractivity contribution in [2.75, 3.05) is 64.1 Å². The molecule has 432 valence electrons. The van der Waals surface area contributed by atoms with Crippen LogP contribution < -0.4 is 53.4 Å². The molecule has 0 bridgehead atoms. The molecule has 4 aliphatic carbocycles. The summed E-state index contributed by atoms with van der Waals surface area (Å²) in [6.45, 7) is 5.02. The number of carbonyl (C=O) groups excluding carboxylic acids is 6. The minimum absolute atomic E-state index is 0.000782. The molecule has 80 heavy (non-hydrogen) atoms. The van der Waals surface area contributed by atoms with Crippen LogP contribution in [0.15, 0.2) is 69.8 Å². The normalized spacial score (nSPS) is 24.2. The van der Waals surface area contributed by atoms with Crippen LogP contribution in [-0.4, -0.2) is 147 Å². The summed E-state index contributed by atoms with van der Waals surface area (Å²) in [7, 11) is 3.40. The second kappa shape index (κ2) is 26.9. The van der Waals surface area contributed by atoms with Crippen LogP contribution in [0.3, 0.4) is 0 Å². The van der Waals surface area contributed by atoms with Crippen LogP contribution in [0.2, 0.25) is 0 Å². The summed E-state index contributed by atoms with van der Waals surface area (Å²) in [6.07, 6.45) is 12.8. The van der Waals surface area contributed by atoms with E-state index in [-0.39, 0.29) is 79.0 Å². The molecule has 3 aromatic rings. The van der Waals surface area contributed by atoms with Gasteiger partial charge >= 0.3 is 0 Å². The largest absolute Gasteiger partial charge is 0.378 e. The second-order valence-electron chi connectivity index (χ2n) is 22.6. The standard InChI is InChI=1S/C60H82N10O10/c1-35(61-3)55(73)65-47(37-17-7-5-8-18-37)59(77)69-29-15-25-43(69)57(75)67-49-41-23-13-11-21-39(41)33-45(49)79-31-27-63-51-52(54(72)53(51)71)64-28-32-80-46-34-40-22-12-14-24-42(40)50(46)68-58(76)44-26-16-30-70(44)60(78)48(38-19-9-6-10-20-38)66-56(74)36(2)62-4/h11-14,17,21-24,35-36,38,43-50,61-64H,5-10,15-16,18-20,25-34H2,1-4H3,(H,65,73)(H,66,74)(H,67,75)(H,68,76)/t35-,36-,43-,44-,45+,46+,47-,48-,49-,50-/m0/s1. The summed E-state index contributed by atoms with van der Waals surface area (Å²) >= 11 is 0. The number of nitrogens with zero attached hydrogens (tertiary/aromatic N) is 2. The summed E-state index contributed by atoms with van der Waals surface area (Å²) in [5.74, 6) is -1.58. The Balaban J connectivity index is 0.775. The number of likely N-dealkylation sites (N-methyl/N-ethyl adjacent to an activating group) is 2. The van der Waals surface area contributed by atoms with Gasteiger partial charge in [0.25, 0.3) is 10.9 Å². The van der Waals surface area contributed by atoms with Crippen molar-refractivity contribution < 1.29 is 38.2 Å². The average molecular weight is 1100 g/mol. The highest BCUT2D eigenvalue weighted by molar-refractivity contribution is 5.96. The van der Waals surface area contributed by atoms with Gasteiger partial charge in [-0.25, -0.2) is 0 Å². The Kier molecular flexibility index (Phi) is 19.5. The lowest BCUT2D eigenvalue weighted by atomic mass is 9.83. The van der Waals surface area contributed by atoms with Crippen molar-refractivity contribution >= 4 is 46.8 Å². The number of ether oxygens (including phenoxy) is 2. The Morgan fingerprint density at radius 1 is 0.600 bits per heavy atom.